The maximum absolute atomic E-state index is 13.0. The van der Waals surface area contributed by atoms with Crippen LogP contribution in [0.1, 0.15) is 60.7 Å². The Morgan fingerprint density at radius 3 is 2.39 bits per heavy atom. The third kappa shape index (κ3) is 5.76. The molecule has 7 nitrogen and oxygen atoms in total. The lowest BCUT2D eigenvalue weighted by Crippen LogP contribution is -2.14. The summed E-state index contributed by atoms with van der Waals surface area (Å²) in [5.74, 6) is -0.321. The number of rotatable bonds is 11. The van der Waals surface area contributed by atoms with E-state index in [1.807, 2.05) is 30.3 Å². The van der Waals surface area contributed by atoms with Crippen LogP contribution in [-0.2, 0) is 4.74 Å². The first-order valence-electron chi connectivity index (χ1n) is 12.2. The molecule has 8 heteroatoms. The summed E-state index contributed by atoms with van der Waals surface area (Å²) in [4.78, 5) is 32.9. The number of esters is 1. The molecule has 1 N–H and O–H groups in total. The number of unbranched alkanes of at least 4 members (excludes halogenated alkanes) is 5. The Labute approximate surface area is 214 Å². The summed E-state index contributed by atoms with van der Waals surface area (Å²) in [6.07, 6.45) is 6.62. The van der Waals surface area contributed by atoms with Crippen LogP contribution in [0.3, 0.4) is 0 Å². The van der Waals surface area contributed by atoms with E-state index in [9.17, 15) is 14.7 Å². The lowest BCUT2D eigenvalue weighted by Gasteiger charge is -2.22. The molecule has 0 unspecified atom stereocenters. The Morgan fingerprint density at radius 2 is 1.67 bits per heavy atom. The molecule has 2 aromatic carbocycles. The van der Waals surface area contributed by atoms with Gasteiger partial charge in [0.05, 0.1) is 18.0 Å². The molecular weight excluding hydrogens is 476 g/mol. The molecule has 0 amide bonds. The van der Waals surface area contributed by atoms with E-state index in [4.69, 9.17) is 9.15 Å². The number of thiophene rings is 1. The van der Waals surface area contributed by atoms with E-state index >= 15 is 0 Å². The van der Waals surface area contributed by atoms with Crippen LogP contribution in [0, 0.1) is 6.92 Å². The zero-order chi connectivity index (χ0) is 25.5. The van der Waals surface area contributed by atoms with Crippen molar-refractivity contribution >= 4 is 44.9 Å². The second-order valence-corrected chi connectivity index (χ2v) is 9.61. The number of fused-ring (bicyclic) bond motifs is 1. The van der Waals surface area contributed by atoms with Crippen molar-refractivity contribution < 1.29 is 19.1 Å². The first-order valence-corrected chi connectivity index (χ1v) is 13.1. The number of hydrogen-bond acceptors (Lipinski definition) is 8. The van der Waals surface area contributed by atoms with Gasteiger partial charge in [0.1, 0.15) is 20.8 Å². The summed E-state index contributed by atoms with van der Waals surface area (Å²) >= 11 is 1.13. The molecule has 0 fully saturated rings. The van der Waals surface area contributed by atoms with E-state index in [0.717, 1.165) is 36.3 Å². The number of aromatic nitrogens is 1. The van der Waals surface area contributed by atoms with Gasteiger partial charge in [0.15, 0.2) is 0 Å². The highest BCUT2D eigenvalue weighted by atomic mass is 32.1. The number of aryl methyl sites for hydroxylation is 1. The Bertz CT molecular complexity index is 1360. The molecule has 188 valence electrons. The number of nitrogens with zero attached hydrogens (tertiary/aromatic N) is 2. The summed E-state index contributed by atoms with van der Waals surface area (Å²) in [5.41, 5.74) is 1.33. The summed E-state index contributed by atoms with van der Waals surface area (Å²) in [6.45, 7) is 4.25. The van der Waals surface area contributed by atoms with Gasteiger partial charge in [-0.25, -0.2) is 9.59 Å². The first kappa shape index (κ1) is 25.4. The number of benzene rings is 2. The van der Waals surface area contributed by atoms with E-state index in [0.29, 0.717) is 27.6 Å². The number of aromatic hydroxyl groups is 1. The maximum Gasteiger partial charge on any atom is 0.349 e. The fourth-order valence-electron chi connectivity index (χ4n) is 4.01. The van der Waals surface area contributed by atoms with Crippen LogP contribution in [0.25, 0.3) is 10.2 Å². The Kier molecular flexibility index (Phi) is 8.38. The predicted octanol–water partition coefficient (Wildman–Crippen LogP) is 7.25. The molecule has 2 heterocycles. The SMILES string of the molecule is CCCCCCCCOC(=O)c1sc2nc(N(c3ccccc3)c3ccc(O)cc3)oc(=O)c2c1C. The molecule has 0 saturated heterocycles. The molecule has 0 spiro atoms. The summed E-state index contributed by atoms with van der Waals surface area (Å²) in [5, 5.41) is 10.0. The highest BCUT2D eigenvalue weighted by Crippen LogP contribution is 2.36. The second kappa shape index (κ2) is 11.9. The predicted molar refractivity (Wildman–Crippen MR) is 143 cm³/mol. The number of hydrogen-bond donors (Lipinski definition) is 1. The maximum atomic E-state index is 13.0. The largest absolute Gasteiger partial charge is 0.508 e. The van der Waals surface area contributed by atoms with E-state index < -0.39 is 11.6 Å². The van der Waals surface area contributed by atoms with Gasteiger partial charge in [-0.3, -0.25) is 4.90 Å². The van der Waals surface area contributed by atoms with Gasteiger partial charge in [-0.15, -0.1) is 11.3 Å². The molecule has 0 bridgehead atoms. The molecule has 0 radical (unpaired) electrons. The minimum atomic E-state index is -0.571. The Hall–Kier alpha value is -3.65. The van der Waals surface area contributed by atoms with Crippen molar-refractivity contribution in [1.29, 1.82) is 0 Å². The van der Waals surface area contributed by atoms with Crippen molar-refractivity contribution in [2.24, 2.45) is 0 Å². The van der Waals surface area contributed by atoms with Crippen LogP contribution in [0.15, 0.2) is 63.8 Å². The zero-order valence-electron chi connectivity index (χ0n) is 20.5. The van der Waals surface area contributed by atoms with Crippen molar-refractivity contribution in [2.45, 2.75) is 52.4 Å². The van der Waals surface area contributed by atoms with Crippen molar-refractivity contribution in [3.63, 3.8) is 0 Å². The van der Waals surface area contributed by atoms with Gasteiger partial charge in [-0.2, -0.15) is 4.98 Å². The third-order valence-corrected chi connectivity index (χ3v) is 7.11. The minimum absolute atomic E-state index is 0.0673. The normalized spacial score (nSPS) is 11.1. The average Bonchev–Trinajstić information content (AvgIpc) is 3.22. The highest BCUT2D eigenvalue weighted by molar-refractivity contribution is 7.20. The summed E-state index contributed by atoms with van der Waals surface area (Å²) in [7, 11) is 0. The summed E-state index contributed by atoms with van der Waals surface area (Å²) in [6, 6.07) is 15.9. The van der Waals surface area contributed by atoms with Crippen molar-refractivity contribution in [3.8, 4) is 5.75 Å². The van der Waals surface area contributed by atoms with E-state index in [1.54, 1.807) is 36.1 Å². The molecule has 0 saturated carbocycles. The lowest BCUT2D eigenvalue weighted by molar-refractivity contribution is 0.0503. The number of phenols is 1. The lowest BCUT2D eigenvalue weighted by atomic mass is 10.1. The molecule has 0 atom stereocenters. The molecule has 0 aliphatic rings. The fraction of sp³-hybridized carbons (Fsp3) is 0.321. The van der Waals surface area contributed by atoms with Gasteiger partial charge >= 0.3 is 17.6 Å². The van der Waals surface area contributed by atoms with Crippen LogP contribution in [0.2, 0.25) is 0 Å². The molecule has 4 aromatic rings. The zero-order valence-corrected chi connectivity index (χ0v) is 21.3. The van der Waals surface area contributed by atoms with Crippen LogP contribution < -0.4 is 10.5 Å². The third-order valence-electron chi connectivity index (χ3n) is 5.94. The standard InChI is InChI=1S/C28H30N2O5S/c1-3-4-5-6-7-11-18-34-27(33)24-19(2)23-25(36-24)29-28(35-26(23)32)30(20-12-9-8-10-13-20)21-14-16-22(31)17-15-21/h8-10,12-17,31H,3-7,11,18H2,1-2H3. The summed E-state index contributed by atoms with van der Waals surface area (Å²) < 4.78 is 11.2. The van der Waals surface area contributed by atoms with Crippen LogP contribution in [0.5, 0.6) is 5.75 Å². The molecule has 0 aliphatic carbocycles. The van der Waals surface area contributed by atoms with Gasteiger partial charge in [0, 0.05) is 0 Å². The van der Waals surface area contributed by atoms with Gasteiger partial charge in [0.2, 0.25) is 0 Å². The van der Waals surface area contributed by atoms with Crippen LogP contribution in [0.4, 0.5) is 17.4 Å². The highest BCUT2D eigenvalue weighted by Gasteiger charge is 2.24. The fourth-order valence-corrected chi connectivity index (χ4v) is 5.07. The molecule has 0 aliphatic heterocycles. The quantitative estimate of drug-likeness (QED) is 0.169. The topological polar surface area (TPSA) is 92.9 Å². The Morgan fingerprint density at radius 1 is 1.00 bits per heavy atom. The van der Waals surface area contributed by atoms with Gasteiger partial charge in [0.25, 0.3) is 0 Å². The number of ether oxygens (including phenoxy) is 1. The number of para-hydroxylation sites is 1. The number of carbonyl (C=O) groups excluding carboxylic acids is 1. The van der Waals surface area contributed by atoms with Crippen LogP contribution in [-0.4, -0.2) is 22.7 Å². The smallest absolute Gasteiger partial charge is 0.349 e. The first-order chi connectivity index (χ1) is 17.5. The second-order valence-electron chi connectivity index (χ2n) is 8.61. The number of phenolic OH excluding ortho intramolecular Hbond substituents is 1. The van der Waals surface area contributed by atoms with Crippen molar-refractivity contribution in [1.82, 2.24) is 4.98 Å². The van der Waals surface area contributed by atoms with Crippen molar-refractivity contribution in [3.05, 3.63) is 75.5 Å². The Balaban J connectivity index is 1.61. The van der Waals surface area contributed by atoms with Gasteiger partial charge < -0.3 is 14.3 Å². The number of anilines is 3. The van der Waals surface area contributed by atoms with E-state index in [-0.39, 0.29) is 17.2 Å². The van der Waals surface area contributed by atoms with E-state index in [2.05, 4.69) is 11.9 Å². The molecule has 36 heavy (non-hydrogen) atoms. The molecule has 4 rings (SSSR count). The van der Waals surface area contributed by atoms with Gasteiger partial charge in [-0.05, 0) is 55.3 Å². The minimum Gasteiger partial charge on any atom is -0.508 e. The molecular formula is C28H30N2O5S. The van der Waals surface area contributed by atoms with Crippen molar-refractivity contribution in [2.75, 3.05) is 11.5 Å². The monoisotopic (exact) mass is 506 g/mol. The average molecular weight is 507 g/mol. The molecule has 2 aromatic heterocycles. The van der Waals surface area contributed by atoms with Gasteiger partial charge in [-0.1, -0.05) is 57.2 Å². The van der Waals surface area contributed by atoms with Crippen LogP contribution >= 0.6 is 11.3 Å². The number of carbonyl (C=O) groups is 1. The van der Waals surface area contributed by atoms with E-state index in [1.165, 1.54) is 19.3 Å².